The molecule has 1 spiro atoms. The van der Waals surface area contributed by atoms with E-state index in [-0.39, 0.29) is 0 Å². The lowest BCUT2D eigenvalue weighted by molar-refractivity contribution is 0.0998. The molecule has 1 aliphatic carbocycles. The van der Waals surface area contributed by atoms with E-state index in [1.807, 2.05) is 11.8 Å². The Bertz CT molecular complexity index is 197. The van der Waals surface area contributed by atoms with Crippen LogP contribution in [0.3, 0.4) is 0 Å². The van der Waals surface area contributed by atoms with Crippen LogP contribution in [0.5, 0.6) is 0 Å². The Balaban J connectivity index is 1.78. The van der Waals surface area contributed by atoms with Gasteiger partial charge in [0.15, 0.2) is 0 Å². The number of thioether (sulfide) groups is 1. The van der Waals surface area contributed by atoms with Gasteiger partial charge in [-0.1, -0.05) is 19.3 Å². The quantitative estimate of drug-likeness (QED) is 0.762. The zero-order valence-corrected chi connectivity index (χ0v) is 11.5. The number of nitrogens with zero attached hydrogens (tertiary/aromatic N) is 1. The van der Waals surface area contributed by atoms with Crippen molar-refractivity contribution in [3.63, 3.8) is 0 Å². The molecule has 1 heterocycles. The molecule has 16 heavy (non-hydrogen) atoms. The van der Waals surface area contributed by atoms with Gasteiger partial charge < -0.3 is 10.2 Å². The highest BCUT2D eigenvalue weighted by molar-refractivity contribution is 7.98. The average molecular weight is 242 g/mol. The van der Waals surface area contributed by atoms with Crippen molar-refractivity contribution < 1.29 is 0 Å². The van der Waals surface area contributed by atoms with E-state index in [2.05, 4.69) is 16.5 Å². The Labute approximate surface area is 105 Å². The van der Waals surface area contributed by atoms with Crippen LogP contribution >= 0.6 is 11.8 Å². The van der Waals surface area contributed by atoms with Crippen molar-refractivity contribution >= 4 is 11.8 Å². The summed E-state index contributed by atoms with van der Waals surface area (Å²) >= 11 is 1.97. The SMILES string of the molecule is CSCCCN1CCNC2(CCCCC2)C1. The Morgan fingerprint density at radius 1 is 1.25 bits per heavy atom. The Kier molecular flexibility index (Phi) is 4.98. The molecule has 2 fully saturated rings. The van der Waals surface area contributed by atoms with Gasteiger partial charge in [0.25, 0.3) is 0 Å². The zero-order valence-electron chi connectivity index (χ0n) is 10.6. The van der Waals surface area contributed by atoms with Crippen molar-refractivity contribution in [2.75, 3.05) is 38.2 Å². The summed E-state index contributed by atoms with van der Waals surface area (Å²) in [6.07, 6.45) is 10.7. The van der Waals surface area contributed by atoms with E-state index in [0.29, 0.717) is 5.54 Å². The van der Waals surface area contributed by atoms with Crippen molar-refractivity contribution in [1.82, 2.24) is 10.2 Å². The maximum Gasteiger partial charge on any atom is 0.0309 e. The van der Waals surface area contributed by atoms with E-state index >= 15 is 0 Å². The van der Waals surface area contributed by atoms with Crippen LogP contribution in [0.1, 0.15) is 38.5 Å². The number of piperazine rings is 1. The third kappa shape index (κ3) is 3.38. The minimum absolute atomic E-state index is 0.496. The van der Waals surface area contributed by atoms with Crippen molar-refractivity contribution in [2.24, 2.45) is 0 Å². The fourth-order valence-electron chi connectivity index (χ4n) is 3.23. The molecule has 0 aromatic rings. The summed E-state index contributed by atoms with van der Waals surface area (Å²) in [6.45, 7) is 5.08. The summed E-state index contributed by atoms with van der Waals surface area (Å²) in [6, 6.07) is 0. The van der Waals surface area contributed by atoms with Crippen LogP contribution in [0, 0.1) is 0 Å². The maximum absolute atomic E-state index is 3.81. The van der Waals surface area contributed by atoms with Crippen LogP contribution < -0.4 is 5.32 Å². The van der Waals surface area contributed by atoms with Gasteiger partial charge in [0.2, 0.25) is 0 Å². The van der Waals surface area contributed by atoms with Crippen LogP contribution in [0.2, 0.25) is 0 Å². The van der Waals surface area contributed by atoms with Gasteiger partial charge in [-0.3, -0.25) is 0 Å². The molecule has 0 unspecified atom stereocenters. The summed E-state index contributed by atoms with van der Waals surface area (Å²) in [7, 11) is 0. The smallest absolute Gasteiger partial charge is 0.0309 e. The van der Waals surface area contributed by atoms with Crippen LogP contribution in [0.25, 0.3) is 0 Å². The molecule has 1 saturated carbocycles. The molecule has 0 amide bonds. The summed E-state index contributed by atoms with van der Waals surface area (Å²) in [5.74, 6) is 1.32. The number of nitrogens with one attached hydrogen (secondary N) is 1. The molecule has 0 atom stereocenters. The van der Waals surface area contributed by atoms with E-state index < -0.39 is 0 Å². The van der Waals surface area contributed by atoms with Crippen molar-refractivity contribution in [1.29, 1.82) is 0 Å². The molecule has 2 nitrogen and oxygen atoms in total. The first-order chi connectivity index (χ1) is 7.85. The second kappa shape index (κ2) is 6.27. The molecule has 3 heteroatoms. The van der Waals surface area contributed by atoms with Gasteiger partial charge in [0.05, 0.1) is 0 Å². The first-order valence-corrected chi connectivity index (χ1v) is 8.20. The summed E-state index contributed by atoms with van der Waals surface area (Å²) in [5, 5.41) is 3.81. The molecule has 1 N–H and O–H groups in total. The Morgan fingerprint density at radius 2 is 2.06 bits per heavy atom. The lowest BCUT2D eigenvalue weighted by Crippen LogP contribution is -2.61. The molecule has 0 aromatic carbocycles. The largest absolute Gasteiger partial charge is 0.309 e. The number of hydrogen-bond donors (Lipinski definition) is 1. The maximum atomic E-state index is 3.81. The fourth-order valence-corrected chi connectivity index (χ4v) is 3.65. The third-order valence-electron chi connectivity index (χ3n) is 4.09. The zero-order chi connectivity index (χ0) is 11.3. The summed E-state index contributed by atoms with van der Waals surface area (Å²) in [5.41, 5.74) is 0.496. The minimum Gasteiger partial charge on any atom is -0.309 e. The fraction of sp³-hybridized carbons (Fsp3) is 1.00. The van der Waals surface area contributed by atoms with Crippen molar-refractivity contribution in [2.45, 2.75) is 44.1 Å². The molecule has 2 rings (SSSR count). The van der Waals surface area contributed by atoms with Crippen LogP contribution in [0.15, 0.2) is 0 Å². The van der Waals surface area contributed by atoms with Crippen LogP contribution in [-0.2, 0) is 0 Å². The van der Waals surface area contributed by atoms with E-state index in [4.69, 9.17) is 0 Å². The topological polar surface area (TPSA) is 15.3 Å². The molecule has 94 valence electrons. The second-order valence-electron chi connectivity index (χ2n) is 5.39. The monoisotopic (exact) mass is 242 g/mol. The van der Waals surface area contributed by atoms with Gasteiger partial charge >= 0.3 is 0 Å². The lowest BCUT2D eigenvalue weighted by atomic mass is 9.80. The van der Waals surface area contributed by atoms with Gasteiger partial charge in [0.1, 0.15) is 0 Å². The van der Waals surface area contributed by atoms with Gasteiger partial charge in [0, 0.05) is 25.2 Å². The molecule has 1 aliphatic heterocycles. The first kappa shape index (κ1) is 12.7. The van der Waals surface area contributed by atoms with Gasteiger partial charge in [-0.25, -0.2) is 0 Å². The number of rotatable bonds is 4. The first-order valence-electron chi connectivity index (χ1n) is 6.81. The predicted octanol–water partition coefficient (Wildman–Crippen LogP) is 2.35. The van der Waals surface area contributed by atoms with Gasteiger partial charge in [-0.15, -0.1) is 0 Å². The van der Waals surface area contributed by atoms with E-state index in [1.165, 1.54) is 70.5 Å². The van der Waals surface area contributed by atoms with E-state index in [0.717, 1.165) is 0 Å². The summed E-state index contributed by atoms with van der Waals surface area (Å²) < 4.78 is 0. The third-order valence-corrected chi connectivity index (χ3v) is 4.78. The average Bonchev–Trinajstić information content (AvgIpc) is 2.31. The highest BCUT2D eigenvalue weighted by Crippen LogP contribution is 2.30. The van der Waals surface area contributed by atoms with E-state index in [1.54, 1.807) is 0 Å². The predicted molar refractivity (Wildman–Crippen MR) is 73.3 cm³/mol. The molecular formula is C13H26N2S. The lowest BCUT2D eigenvalue weighted by Gasteiger charge is -2.46. The van der Waals surface area contributed by atoms with E-state index in [9.17, 15) is 0 Å². The number of hydrogen-bond acceptors (Lipinski definition) is 3. The van der Waals surface area contributed by atoms with Gasteiger partial charge in [-0.2, -0.15) is 11.8 Å². The molecular weight excluding hydrogens is 216 g/mol. The highest BCUT2D eigenvalue weighted by atomic mass is 32.2. The normalized spacial score (nSPS) is 26.1. The standard InChI is InChI=1S/C13H26N2S/c1-16-11-5-9-15-10-8-14-13(12-15)6-3-2-4-7-13/h14H,2-12H2,1H3. The summed E-state index contributed by atoms with van der Waals surface area (Å²) in [4.78, 5) is 2.69. The van der Waals surface area contributed by atoms with Crippen LogP contribution in [0.4, 0.5) is 0 Å². The van der Waals surface area contributed by atoms with Crippen molar-refractivity contribution in [3.05, 3.63) is 0 Å². The van der Waals surface area contributed by atoms with Gasteiger partial charge in [-0.05, 0) is 37.8 Å². The highest BCUT2D eigenvalue weighted by Gasteiger charge is 2.35. The molecule has 1 saturated heterocycles. The second-order valence-corrected chi connectivity index (χ2v) is 6.38. The molecule has 2 aliphatic rings. The minimum atomic E-state index is 0.496. The molecule has 0 radical (unpaired) electrons. The van der Waals surface area contributed by atoms with Crippen molar-refractivity contribution in [3.8, 4) is 0 Å². The molecule has 0 bridgehead atoms. The molecule has 0 aromatic heterocycles. The van der Waals surface area contributed by atoms with Crippen LogP contribution in [-0.4, -0.2) is 48.6 Å². The Morgan fingerprint density at radius 3 is 2.81 bits per heavy atom. The Hall–Kier alpha value is 0.270.